The maximum atomic E-state index is 13.0. The average molecular weight is 454 g/mol. The number of nitrogens with zero attached hydrogens (tertiary/aromatic N) is 1. The van der Waals surface area contributed by atoms with Crippen LogP contribution in [0.5, 0.6) is 5.75 Å². The summed E-state index contributed by atoms with van der Waals surface area (Å²) in [6, 6.07) is 14.5. The maximum Gasteiger partial charge on any atom is 0.254 e. The van der Waals surface area contributed by atoms with Crippen LogP contribution < -0.4 is 15.4 Å². The lowest BCUT2D eigenvalue weighted by atomic mass is 10.1. The summed E-state index contributed by atoms with van der Waals surface area (Å²) in [5.41, 5.74) is 2.38. The van der Waals surface area contributed by atoms with E-state index in [4.69, 9.17) is 4.74 Å². The molecule has 0 aliphatic rings. The molecule has 0 saturated heterocycles. The third-order valence-electron chi connectivity index (χ3n) is 5.24. The highest BCUT2D eigenvalue weighted by Gasteiger charge is 2.19. The van der Waals surface area contributed by atoms with E-state index < -0.39 is 0 Å². The van der Waals surface area contributed by atoms with E-state index in [0.29, 0.717) is 23.5 Å². The molecule has 2 aromatic carbocycles. The Morgan fingerprint density at radius 1 is 0.879 bits per heavy atom. The van der Waals surface area contributed by atoms with Crippen molar-refractivity contribution >= 4 is 23.4 Å². The van der Waals surface area contributed by atoms with Crippen LogP contribution in [-0.4, -0.2) is 49.4 Å². The number of aryl methyl sites for hydroxylation is 1. The highest BCUT2D eigenvalue weighted by molar-refractivity contribution is 5.98. The van der Waals surface area contributed by atoms with Gasteiger partial charge in [-0.25, -0.2) is 0 Å². The number of hydrogen-bond donors (Lipinski definition) is 2. The van der Waals surface area contributed by atoms with Gasteiger partial charge in [-0.2, -0.15) is 0 Å². The van der Waals surface area contributed by atoms with Gasteiger partial charge in [-0.05, 0) is 61.2 Å². The van der Waals surface area contributed by atoms with Crippen LogP contribution in [0, 0.1) is 0 Å². The number of unbranched alkanes of at least 4 members (excludes halogenated alkanes) is 2. The molecule has 2 aromatic rings. The molecular formula is C26H35N3O4. The van der Waals surface area contributed by atoms with Gasteiger partial charge in [0.05, 0.1) is 20.2 Å². The lowest BCUT2D eigenvalue weighted by Gasteiger charge is -2.22. The van der Waals surface area contributed by atoms with Gasteiger partial charge in [-0.1, -0.05) is 38.8 Å². The summed E-state index contributed by atoms with van der Waals surface area (Å²) in [6.45, 7) is 4.41. The number of rotatable bonds is 13. The average Bonchev–Trinajstić information content (AvgIpc) is 2.84. The van der Waals surface area contributed by atoms with E-state index in [-0.39, 0.29) is 30.8 Å². The molecule has 0 saturated carbocycles. The van der Waals surface area contributed by atoms with Gasteiger partial charge in [0.1, 0.15) is 5.75 Å². The Morgan fingerprint density at radius 3 is 2.15 bits per heavy atom. The first-order valence-electron chi connectivity index (χ1n) is 11.6. The monoisotopic (exact) mass is 453 g/mol. The molecule has 7 heteroatoms. The number of benzene rings is 2. The van der Waals surface area contributed by atoms with Crippen molar-refractivity contribution in [2.45, 2.75) is 46.0 Å². The second-order valence-electron chi connectivity index (χ2n) is 7.93. The van der Waals surface area contributed by atoms with Crippen molar-refractivity contribution in [3.05, 3.63) is 59.7 Å². The Labute approximate surface area is 196 Å². The van der Waals surface area contributed by atoms with Crippen molar-refractivity contribution in [2.75, 3.05) is 32.1 Å². The number of nitrogens with one attached hydrogen (secondary N) is 2. The standard InChI is InChI=1S/C26H35N3O4/c1-4-6-8-20-9-11-21(12-10-20)26(32)29(17-7-5-2)19-25(31)27-18-24(30)28-22-13-15-23(33-3)16-14-22/h9-16H,4-8,17-19H2,1-3H3,(H,27,31)(H,28,30). The summed E-state index contributed by atoms with van der Waals surface area (Å²) >= 11 is 0. The molecule has 2 rings (SSSR count). The molecule has 0 unspecified atom stereocenters. The number of anilines is 1. The molecule has 0 aliphatic carbocycles. The number of ether oxygens (including phenoxy) is 1. The number of carbonyl (C=O) groups is 3. The van der Waals surface area contributed by atoms with Crippen molar-refractivity contribution in [3.63, 3.8) is 0 Å². The van der Waals surface area contributed by atoms with Gasteiger partial charge in [0.25, 0.3) is 5.91 Å². The Balaban J connectivity index is 1.89. The van der Waals surface area contributed by atoms with Crippen LogP contribution in [-0.2, 0) is 16.0 Å². The molecule has 0 bridgehead atoms. The van der Waals surface area contributed by atoms with Gasteiger partial charge in [0.15, 0.2) is 0 Å². The number of carbonyl (C=O) groups excluding carboxylic acids is 3. The molecule has 0 heterocycles. The second-order valence-corrected chi connectivity index (χ2v) is 7.93. The SMILES string of the molecule is CCCCc1ccc(C(=O)N(CCCC)CC(=O)NCC(=O)Nc2ccc(OC)cc2)cc1. The minimum absolute atomic E-state index is 0.0910. The second kappa shape index (κ2) is 13.9. The molecule has 0 aliphatic heterocycles. The van der Waals surface area contributed by atoms with E-state index >= 15 is 0 Å². The van der Waals surface area contributed by atoms with Gasteiger partial charge >= 0.3 is 0 Å². The van der Waals surface area contributed by atoms with Gasteiger partial charge in [-0.15, -0.1) is 0 Å². The Morgan fingerprint density at radius 2 is 1.55 bits per heavy atom. The number of methoxy groups -OCH3 is 1. The molecule has 0 spiro atoms. The van der Waals surface area contributed by atoms with Gasteiger partial charge in [-0.3, -0.25) is 14.4 Å². The van der Waals surface area contributed by atoms with Crippen LogP contribution in [0.25, 0.3) is 0 Å². The first-order valence-corrected chi connectivity index (χ1v) is 11.6. The first-order chi connectivity index (χ1) is 16.0. The molecule has 3 amide bonds. The summed E-state index contributed by atoms with van der Waals surface area (Å²) in [7, 11) is 1.57. The fourth-order valence-corrected chi connectivity index (χ4v) is 3.27. The number of hydrogen-bond acceptors (Lipinski definition) is 4. The predicted octanol–water partition coefficient (Wildman–Crippen LogP) is 4.04. The van der Waals surface area contributed by atoms with E-state index in [1.807, 2.05) is 31.2 Å². The van der Waals surface area contributed by atoms with Crippen molar-refractivity contribution in [1.29, 1.82) is 0 Å². The Bertz CT molecular complexity index is 895. The summed E-state index contributed by atoms with van der Waals surface area (Å²) in [4.78, 5) is 39.2. The zero-order chi connectivity index (χ0) is 24.1. The van der Waals surface area contributed by atoms with Gasteiger partial charge < -0.3 is 20.3 Å². The zero-order valence-corrected chi connectivity index (χ0v) is 19.9. The van der Waals surface area contributed by atoms with Crippen molar-refractivity contribution in [3.8, 4) is 5.75 Å². The quantitative estimate of drug-likeness (QED) is 0.479. The van der Waals surface area contributed by atoms with Crippen LogP contribution in [0.4, 0.5) is 5.69 Å². The predicted molar refractivity (Wildman–Crippen MR) is 130 cm³/mol. The van der Waals surface area contributed by atoms with Crippen LogP contribution in [0.3, 0.4) is 0 Å². The molecule has 2 N–H and O–H groups in total. The van der Waals surface area contributed by atoms with Gasteiger partial charge in [0.2, 0.25) is 11.8 Å². The molecular weight excluding hydrogens is 418 g/mol. The molecule has 0 atom stereocenters. The third-order valence-corrected chi connectivity index (χ3v) is 5.24. The highest BCUT2D eigenvalue weighted by Crippen LogP contribution is 2.15. The van der Waals surface area contributed by atoms with Gasteiger partial charge in [0, 0.05) is 17.8 Å². The fourth-order valence-electron chi connectivity index (χ4n) is 3.27. The molecule has 0 fully saturated rings. The molecule has 178 valence electrons. The smallest absolute Gasteiger partial charge is 0.254 e. The normalized spacial score (nSPS) is 10.4. The molecule has 0 aromatic heterocycles. The lowest BCUT2D eigenvalue weighted by Crippen LogP contribution is -2.43. The highest BCUT2D eigenvalue weighted by atomic mass is 16.5. The van der Waals surface area contributed by atoms with E-state index in [1.165, 1.54) is 5.56 Å². The van der Waals surface area contributed by atoms with Crippen molar-refractivity contribution < 1.29 is 19.1 Å². The fraction of sp³-hybridized carbons (Fsp3) is 0.423. The summed E-state index contributed by atoms with van der Waals surface area (Å²) in [5.74, 6) is -0.205. The molecule has 7 nitrogen and oxygen atoms in total. The topological polar surface area (TPSA) is 87.7 Å². The van der Waals surface area contributed by atoms with E-state index in [2.05, 4.69) is 17.6 Å². The lowest BCUT2D eigenvalue weighted by molar-refractivity contribution is -0.124. The summed E-state index contributed by atoms with van der Waals surface area (Å²) < 4.78 is 5.09. The zero-order valence-electron chi connectivity index (χ0n) is 19.9. The molecule has 0 radical (unpaired) electrons. The van der Waals surface area contributed by atoms with Crippen LogP contribution in [0.15, 0.2) is 48.5 Å². The van der Waals surface area contributed by atoms with E-state index in [9.17, 15) is 14.4 Å². The maximum absolute atomic E-state index is 13.0. The Kier molecular flexibility index (Phi) is 10.9. The van der Waals surface area contributed by atoms with E-state index in [0.717, 1.165) is 32.1 Å². The molecule has 33 heavy (non-hydrogen) atoms. The minimum atomic E-state index is -0.371. The minimum Gasteiger partial charge on any atom is -0.497 e. The Hall–Kier alpha value is -3.35. The van der Waals surface area contributed by atoms with Crippen molar-refractivity contribution in [1.82, 2.24) is 10.2 Å². The van der Waals surface area contributed by atoms with E-state index in [1.54, 1.807) is 36.3 Å². The first kappa shape index (κ1) is 25.9. The third kappa shape index (κ3) is 8.96. The van der Waals surface area contributed by atoms with Crippen LogP contribution in [0.1, 0.15) is 55.5 Å². The van der Waals surface area contributed by atoms with Crippen LogP contribution >= 0.6 is 0 Å². The van der Waals surface area contributed by atoms with Crippen molar-refractivity contribution in [2.24, 2.45) is 0 Å². The van der Waals surface area contributed by atoms with Crippen LogP contribution in [0.2, 0.25) is 0 Å². The largest absolute Gasteiger partial charge is 0.497 e. The number of amides is 3. The summed E-state index contributed by atoms with van der Waals surface area (Å²) in [5, 5.41) is 5.32. The summed E-state index contributed by atoms with van der Waals surface area (Å²) in [6.07, 6.45) is 4.93.